The van der Waals surface area contributed by atoms with Gasteiger partial charge in [-0.15, -0.1) is 0 Å². The third-order valence-electron chi connectivity index (χ3n) is 3.73. The van der Waals surface area contributed by atoms with E-state index in [-0.39, 0.29) is 5.92 Å². The summed E-state index contributed by atoms with van der Waals surface area (Å²) in [5.74, 6) is 0.00936. The Morgan fingerprint density at radius 2 is 1.77 bits per heavy atom. The number of aromatic nitrogens is 2. The van der Waals surface area contributed by atoms with Crippen LogP contribution < -0.4 is 5.73 Å². The van der Waals surface area contributed by atoms with E-state index >= 15 is 0 Å². The second kappa shape index (κ2) is 6.34. The van der Waals surface area contributed by atoms with Crippen LogP contribution in [0.2, 0.25) is 5.02 Å². The molecular formula is C18H18ClN3. The first-order chi connectivity index (χ1) is 10.7. The Bertz CT molecular complexity index is 765. The molecular weight excluding hydrogens is 294 g/mol. The fourth-order valence-corrected chi connectivity index (χ4v) is 2.98. The first-order valence-electron chi connectivity index (χ1n) is 7.27. The summed E-state index contributed by atoms with van der Waals surface area (Å²) in [5, 5.41) is 5.36. The molecule has 3 rings (SSSR count). The van der Waals surface area contributed by atoms with Crippen LogP contribution in [-0.2, 0) is 0 Å². The molecule has 0 aliphatic carbocycles. The van der Waals surface area contributed by atoms with Crippen molar-refractivity contribution < 1.29 is 0 Å². The number of aryl methyl sites for hydroxylation is 1. The van der Waals surface area contributed by atoms with Crippen LogP contribution in [0.1, 0.15) is 22.9 Å². The van der Waals surface area contributed by atoms with Gasteiger partial charge in [0, 0.05) is 17.5 Å². The molecule has 1 atom stereocenters. The van der Waals surface area contributed by atoms with Gasteiger partial charge in [-0.05, 0) is 36.8 Å². The minimum atomic E-state index is 0.00936. The molecule has 0 spiro atoms. The highest BCUT2D eigenvalue weighted by Gasteiger charge is 2.21. The second-order valence-electron chi connectivity index (χ2n) is 5.27. The number of para-hydroxylation sites is 1. The average Bonchev–Trinajstić information content (AvgIpc) is 2.92. The van der Waals surface area contributed by atoms with Gasteiger partial charge in [0.05, 0.1) is 17.1 Å². The van der Waals surface area contributed by atoms with Crippen molar-refractivity contribution in [3.05, 3.63) is 82.6 Å². The van der Waals surface area contributed by atoms with Gasteiger partial charge in [0.1, 0.15) is 0 Å². The Labute approximate surface area is 135 Å². The first-order valence-corrected chi connectivity index (χ1v) is 7.65. The summed E-state index contributed by atoms with van der Waals surface area (Å²) in [6, 6.07) is 20.0. The van der Waals surface area contributed by atoms with E-state index in [9.17, 15) is 0 Å². The minimum absolute atomic E-state index is 0.00936. The molecule has 3 aromatic rings. The van der Waals surface area contributed by atoms with Crippen molar-refractivity contribution in [3.63, 3.8) is 0 Å². The maximum absolute atomic E-state index is 6.37. The highest BCUT2D eigenvalue weighted by atomic mass is 35.5. The molecule has 0 bridgehead atoms. The van der Waals surface area contributed by atoms with Crippen LogP contribution in [0.3, 0.4) is 0 Å². The van der Waals surface area contributed by atoms with Gasteiger partial charge in [0.2, 0.25) is 0 Å². The summed E-state index contributed by atoms with van der Waals surface area (Å²) < 4.78 is 1.95. The molecule has 0 saturated carbocycles. The summed E-state index contributed by atoms with van der Waals surface area (Å²) in [6.07, 6.45) is 0. The van der Waals surface area contributed by atoms with Crippen molar-refractivity contribution in [2.75, 3.05) is 6.54 Å². The Hall–Kier alpha value is -2.10. The molecule has 112 valence electrons. The predicted octanol–water partition coefficient (Wildman–Crippen LogP) is 3.92. The van der Waals surface area contributed by atoms with E-state index < -0.39 is 0 Å². The molecule has 1 heterocycles. The van der Waals surface area contributed by atoms with Gasteiger partial charge in [0.25, 0.3) is 0 Å². The quantitative estimate of drug-likeness (QED) is 0.793. The van der Waals surface area contributed by atoms with E-state index in [0.717, 1.165) is 27.7 Å². The van der Waals surface area contributed by atoms with Gasteiger partial charge in [-0.2, -0.15) is 5.10 Å². The maximum atomic E-state index is 6.37. The number of rotatable bonds is 4. The molecule has 0 fully saturated rings. The highest BCUT2D eigenvalue weighted by Crippen LogP contribution is 2.31. The van der Waals surface area contributed by atoms with Crippen molar-refractivity contribution in [3.8, 4) is 5.69 Å². The number of halogens is 1. The van der Waals surface area contributed by atoms with Gasteiger partial charge in [-0.3, -0.25) is 0 Å². The van der Waals surface area contributed by atoms with Crippen molar-refractivity contribution in [2.45, 2.75) is 12.8 Å². The molecule has 0 amide bonds. The molecule has 4 heteroatoms. The van der Waals surface area contributed by atoms with E-state index in [0.29, 0.717) is 6.54 Å². The van der Waals surface area contributed by atoms with Crippen LogP contribution in [0.25, 0.3) is 5.69 Å². The lowest BCUT2D eigenvalue weighted by molar-refractivity contribution is 0.718. The van der Waals surface area contributed by atoms with Crippen molar-refractivity contribution in [1.29, 1.82) is 0 Å². The summed E-state index contributed by atoms with van der Waals surface area (Å²) in [5.41, 5.74) is 10.1. The molecule has 1 aromatic heterocycles. The number of hydrogen-bond donors (Lipinski definition) is 1. The van der Waals surface area contributed by atoms with Crippen molar-refractivity contribution in [1.82, 2.24) is 9.78 Å². The maximum Gasteiger partial charge on any atom is 0.0649 e. The zero-order valence-electron chi connectivity index (χ0n) is 12.4. The van der Waals surface area contributed by atoms with Gasteiger partial charge < -0.3 is 5.73 Å². The topological polar surface area (TPSA) is 43.8 Å². The molecule has 2 aromatic carbocycles. The zero-order chi connectivity index (χ0) is 15.5. The predicted molar refractivity (Wildman–Crippen MR) is 90.7 cm³/mol. The molecule has 3 nitrogen and oxygen atoms in total. The number of benzene rings is 2. The van der Waals surface area contributed by atoms with Crippen LogP contribution in [0.5, 0.6) is 0 Å². The van der Waals surface area contributed by atoms with Gasteiger partial charge in [-0.25, -0.2) is 4.68 Å². The van der Waals surface area contributed by atoms with Crippen LogP contribution in [0.4, 0.5) is 0 Å². The van der Waals surface area contributed by atoms with Gasteiger partial charge >= 0.3 is 0 Å². The Kier molecular flexibility index (Phi) is 4.27. The third-order valence-corrected chi connectivity index (χ3v) is 4.08. The molecule has 1 unspecified atom stereocenters. The Morgan fingerprint density at radius 3 is 2.45 bits per heavy atom. The van der Waals surface area contributed by atoms with Crippen LogP contribution in [-0.4, -0.2) is 16.3 Å². The number of nitrogens with two attached hydrogens (primary N) is 1. The minimum Gasteiger partial charge on any atom is -0.329 e. The summed E-state index contributed by atoms with van der Waals surface area (Å²) in [4.78, 5) is 0. The lowest BCUT2D eigenvalue weighted by atomic mass is 9.95. The first kappa shape index (κ1) is 14.8. The molecule has 0 aliphatic rings. The van der Waals surface area contributed by atoms with Gasteiger partial charge in [0.15, 0.2) is 0 Å². The smallest absolute Gasteiger partial charge is 0.0649 e. The fraction of sp³-hybridized carbons (Fsp3) is 0.167. The fourth-order valence-electron chi connectivity index (χ4n) is 2.71. The monoisotopic (exact) mass is 311 g/mol. The Morgan fingerprint density at radius 1 is 1.09 bits per heavy atom. The standard InChI is InChI=1S/C18H18ClN3/c1-13-11-18(22(21-13)14-7-3-2-4-8-14)16(12-20)15-9-5-6-10-17(15)19/h2-11,16H,12,20H2,1H3. The molecule has 22 heavy (non-hydrogen) atoms. The van der Waals surface area contributed by atoms with E-state index in [2.05, 4.69) is 11.2 Å². The molecule has 0 aliphatic heterocycles. The summed E-state index contributed by atoms with van der Waals surface area (Å²) in [7, 11) is 0. The number of nitrogens with zero attached hydrogens (tertiary/aromatic N) is 2. The average molecular weight is 312 g/mol. The van der Waals surface area contributed by atoms with Crippen molar-refractivity contribution >= 4 is 11.6 Å². The highest BCUT2D eigenvalue weighted by molar-refractivity contribution is 6.31. The third kappa shape index (κ3) is 2.78. The van der Waals surface area contributed by atoms with E-state index in [1.54, 1.807) is 0 Å². The van der Waals surface area contributed by atoms with Crippen LogP contribution in [0.15, 0.2) is 60.7 Å². The zero-order valence-corrected chi connectivity index (χ0v) is 13.2. The van der Waals surface area contributed by atoms with E-state index in [4.69, 9.17) is 17.3 Å². The lowest BCUT2D eigenvalue weighted by Crippen LogP contribution is -2.18. The number of hydrogen-bond acceptors (Lipinski definition) is 2. The largest absolute Gasteiger partial charge is 0.329 e. The van der Waals surface area contributed by atoms with Crippen LogP contribution >= 0.6 is 11.6 Å². The van der Waals surface area contributed by atoms with Gasteiger partial charge in [-0.1, -0.05) is 48.0 Å². The van der Waals surface area contributed by atoms with Crippen molar-refractivity contribution in [2.24, 2.45) is 5.73 Å². The van der Waals surface area contributed by atoms with E-state index in [1.807, 2.05) is 66.2 Å². The second-order valence-corrected chi connectivity index (χ2v) is 5.67. The molecule has 2 N–H and O–H groups in total. The Balaban J connectivity index is 2.13. The molecule has 0 radical (unpaired) electrons. The summed E-state index contributed by atoms with van der Waals surface area (Å²) in [6.45, 7) is 2.46. The SMILES string of the molecule is Cc1cc(C(CN)c2ccccc2Cl)n(-c2ccccc2)n1. The normalized spacial score (nSPS) is 12.3. The van der Waals surface area contributed by atoms with E-state index in [1.165, 1.54) is 0 Å². The summed E-state index contributed by atoms with van der Waals surface area (Å²) >= 11 is 6.37. The van der Waals surface area contributed by atoms with Crippen LogP contribution in [0, 0.1) is 6.92 Å². The molecule has 0 saturated heterocycles. The lowest BCUT2D eigenvalue weighted by Gasteiger charge is -2.18.